The summed E-state index contributed by atoms with van der Waals surface area (Å²) in [6.07, 6.45) is 3.22. The summed E-state index contributed by atoms with van der Waals surface area (Å²) in [6.45, 7) is 0.731. The first kappa shape index (κ1) is 11.6. The van der Waals surface area contributed by atoms with E-state index in [1.54, 1.807) is 17.1 Å². The first-order valence-electron chi connectivity index (χ1n) is 5.13. The van der Waals surface area contributed by atoms with E-state index in [9.17, 15) is 0 Å². The van der Waals surface area contributed by atoms with Crippen LogP contribution in [0.25, 0.3) is 5.69 Å². The molecule has 0 atom stereocenters. The highest BCUT2D eigenvalue weighted by Gasteiger charge is 2.06. The van der Waals surface area contributed by atoms with Gasteiger partial charge in [-0.2, -0.15) is 10.4 Å². The lowest BCUT2D eigenvalue weighted by molar-refractivity contribution is 0.814. The van der Waals surface area contributed by atoms with Crippen LogP contribution in [0.4, 0.5) is 0 Å². The molecule has 1 aromatic carbocycles. The van der Waals surface area contributed by atoms with Gasteiger partial charge in [0.2, 0.25) is 0 Å². The van der Waals surface area contributed by atoms with Crippen molar-refractivity contribution >= 4 is 11.6 Å². The summed E-state index contributed by atoms with van der Waals surface area (Å²) in [7, 11) is 1.87. The maximum atomic E-state index is 9.13. The van der Waals surface area contributed by atoms with Gasteiger partial charge in [-0.15, -0.1) is 0 Å². The van der Waals surface area contributed by atoms with Gasteiger partial charge in [-0.25, -0.2) is 4.68 Å². The molecule has 0 saturated carbocycles. The van der Waals surface area contributed by atoms with Crippen LogP contribution in [-0.4, -0.2) is 16.8 Å². The molecule has 0 aliphatic carbocycles. The van der Waals surface area contributed by atoms with Crippen LogP contribution in [0.15, 0.2) is 30.6 Å². The van der Waals surface area contributed by atoms with E-state index in [0.29, 0.717) is 10.6 Å². The Morgan fingerprint density at radius 2 is 2.35 bits per heavy atom. The Labute approximate surface area is 104 Å². The first-order valence-corrected chi connectivity index (χ1v) is 5.50. The lowest BCUT2D eigenvalue weighted by Gasteiger charge is -2.06. The third-order valence-corrected chi connectivity index (χ3v) is 2.56. The SMILES string of the molecule is CNCc1ccc(-n2cc(Cl)cn2)c(C#N)c1. The van der Waals surface area contributed by atoms with Crippen molar-refractivity contribution in [2.75, 3.05) is 7.05 Å². The van der Waals surface area contributed by atoms with Gasteiger partial charge < -0.3 is 5.32 Å². The fourth-order valence-corrected chi connectivity index (χ4v) is 1.76. The van der Waals surface area contributed by atoms with Crippen LogP contribution in [0, 0.1) is 11.3 Å². The molecule has 0 aliphatic rings. The Morgan fingerprint density at radius 3 is 2.94 bits per heavy atom. The molecule has 0 saturated heterocycles. The topological polar surface area (TPSA) is 53.6 Å². The van der Waals surface area contributed by atoms with Crippen molar-refractivity contribution in [3.63, 3.8) is 0 Å². The van der Waals surface area contributed by atoms with Crippen molar-refractivity contribution in [2.24, 2.45) is 0 Å². The molecular weight excluding hydrogens is 236 g/mol. The summed E-state index contributed by atoms with van der Waals surface area (Å²) in [5.41, 5.74) is 2.38. The van der Waals surface area contributed by atoms with Gasteiger partial charge in [-0.1, -0.05) is 17.7 Å². The van der Waals surface area contributed by atoms with Crippen molar-refractivity contribution in [3.05, 3.63) is 46.7 Å². The molecule has 1 heterocycles. The molecule has 5 heteroatoms. The molecule has 4 nitrogen and oxygen atoms in total. The minimum atomic E-state index is 0.549. The van der Waals surface area contributed by atoms with Crippen LogP contribution in [-0.2, 0) is 6.54 Å². The Balaban J connectivity index is 2.45. The molecule has 0 fully saturated rings. The Kier molecular flexibility index (Phi) is 3.43. The minimum Gasteiger partial charge on any atom is -0.316 e. The molecule has 17 heavy (non-hydrogen) atoms. The van der Waals surface area contributed by atoms with E-state index in [-0.39, 0.29) is 0 Å². The highest BCUT2D eigenvalue weighted by atomic mass is 35.5. The maximum absolute atomic E-state index is 9.13. The molecule has 86 valence electrons. The van der Waals surface area contributed by atoms with Gasteiger partial charge in [0.15, 0.2) is 0 Å². The zero-order valence-corrected chi connectivity index (χ0v) is 10.1. The Morgan fingerprint density at radius 1 is 1.53 bits per heavy atom. The lowest BCUT2D eigenvalue weighted by Crippen LogP contribution is -2.06. The summed E-state index contributed by atoms with van der Waals surface area (Å²) < 4.78 is 1.60. The second kappa shape index (κ2) is 5.00. The van der Waals surface area contributed by atoms with E-state index in [2.05, 4.69) is 16.5 Å². The van der Waals surface area contributed by atoms with Crippen LogP contribution >= 0.6 is 11.6 Å². The molecule has 0 radical (unpaired) electrons. The molecule has 0 amide bonds. The quantitative estimate of drug-likeness (QED) is 0.903. The Bertz CT molecular complexity index is 568. The molecule has 0 spiro atoms. The van der Waals surface area contributed by atoms with Crippen molar-refractivity contribution in [1.82, 2.24) is 15.1 Å². The smallest absolute Gasteiger partial charge is 0.101 e. The average Bonchev–Trinajstić information content (AvgIpc) is 2.76. The number of hydrogen-bond donors (Lipinski definition) is 1. The van der Waals surface area contributed by atoms with Crippen molar-refractivity contribution in [2.45, 2.75) is 6.54 Å². The van der Waals surface area contributed by atoms with Gasteiger partial charge in [0.05, 0.1) is 22.5 Å². The van der Waals surface area contributed by atoms with Gasteiger partial charge >= 0.3 is 0 Å². The standard InChI is InChI=1S/C12H11ClN4/c1-15-6-9-2-3-12(10(4-9)5-14)17-8-11(13)7-16-17/h2-4,7-8,15H,6H2,1H3. The molecule has 1 aromatic heterocycles. The lowest BCUT2D eigenvalue weighted by atomic mass is 10.1. The van der Waals surface area contributed by atoms with Crippen molar-refractivity contribution in [1.29, 1.82) is 5.26 Å². The van der Waals surface area contributed by atoms with E-state index in [1.165, 1.54) is 0 Å². The Hall–Kier alpha value is -1.83. The highest BCUT2D eigenvalue weighted by molar-refractivity contribution is 6.30. The highest BCUT2D eigenvalue weighted by Crippen LogP contribution is 2.17. The zero-order valence-electron chi connectivity index (χ0n) is 9.31. The largest absolute Gasteiger partial charge is 0.316 e. The summed E-state index contributed by atoms with van der Waals surface area (Å²) in [5.74, 6) is 0. The number of nitriles is 1. The van der Waals surface area contributed by atoms with Gasteiger partial charge in [0.1, 0.15) is 6.07 Å². The normalized spacial score (nSPS) is 10.2. The maximum Gasteiger partial charge on any atom is 0.101 e. The summed E-state index contributed by atoms with van der Waals surface area (Å²) in [6, 6.07) is 7.85. The monoisotopic (exact) mass is 246 g/mol. The van der Waals surface area contributed by atoms with Gasteiger partial charge in [0, 0.05) is 12.7 Å². The number of nitrogens with one attached hydrogen (secondary N) is 1. The van der Waals surface area contributed by atoms with E-state index in [4.69, 9.17) is 16.9 Å². The fourth-order valence-electron chi connectivity index (χ4n) is 1.62. The third kappa shape index (κ3) is 2.47. The summed E-state index contributed by atoms with van der Waals surface area (Å²) in [4.78, 5) is 0. The molecule has 2 rings (SSSR count). The van der Waals surface area contributed by atoms with Crippen molar-refractivity contribution < 1.29 is 0 Å². The zero-order chi connectivity index (χ0) is 12.3. The molecular formula is C12H11ClN4. The number of benzene rings is 1. The predicted octanol–water partition coefficient (Wildman–Crippen LogP) is 2.12. The minimum absolute atomic E-state index is 0.549. The van der Waals surface area contributed by atoms with E-state index >= 15 is 0 Å². The van der Waals surface area contributed by atoms with Crippen LogP contribution in [0.1, 0.15) is 11.1 Å². The number of rotatable bonds is 3. The van der Waals surface area contributed by atoms with Crippen LogP contribution in [0.2, 0.25) is 5.02 Å². The van der Waals surface area contributed by atoms with Crippen LogP contribution in [0.5, 0.6) is 0 Å². The average molecular weight is 247 g/mol. The molecule has 0 bridgehead atoms. The fraction of sp³-hybridized carbons (Fsp3) is 0.167. The second-order valence-corrected chi connectivity index (χ2v) is 4.03. The van der Waals surface area contributed by atoms with Gasteiger partial charge in [0.25, 0.3) is 0 Å². The molecule has 2 aromatic rings. The molecule has 0 aliphatic heterocycles. The van der Waals surface area contributed by atoms with E-state index in [0.717, 1.165) is 17.8 Å². The van der Waals surface area contributed by atoms with Gasteiger partial charge in [-0.05, 0) is 24.7 Å². The second-order valence-electron chi connectivity index (χ2n) is 3.60. The van der Waals surface area contributed by atoms with E-state index < -0.39 is 0 Å². The van der Waals surface area contributed by atoms with Gasteiger partial charge in [-0.3, -0.25) is 0 Å². The van der Waals surface area contributed by atoms with Crippen LogP contribution in [0.3, 0.4) is 0 Å². The molecule has 1 N–H and O–H groups in total. The number of hydrogen-bond acceptors (Lipinski definition) is 3. The van der Waals surface area contributed by atoms with Crippen LogP contribution < -0.4 is 5.32 Å². The van der Waals surface area contributed by atoms with Crippen molar-refractivity contribution in [3.8, 4) is 11.8 Å². The summed E-state index contributed by atoms with van der Waals surface area (Å²) in [5, 5.41) is 16.8. The predicted molar refractivity (Wildman–Crippen MR) is 66.1 cm³/mol. The number of halogens is 1. The molecule has 0 unspecified atom stereocenters. The van der Waals surface area contributed by atoms with E-state index in [1.807, 2.05) is 25.2 Å². The number of aromatic nitrogens is 2. The first-order chi connectivity index (χ1) is 8.24. The summed E-state index contributed by atoms with van der Waals surface area (Å²) >= 11 is 5.81. The number of nitrogens with zero attached hydrogens (tertiary/aromatic N) is 3. The third-order valence-electron chi connectivity index (χ3n) is 2.36.